The van der Waals surface area contributed by atoms with E-state index in [2.05, 4.69) is 12.7 Å². The second-order valence-electron chi connectivity index (χ2n) is 4.31. The Morgan fingerprint density at radius 3 is 2.56 bits per heavy atom. The summed E-state index contributed by atoms with van der Waals surface area (Å²) in [6, 6.07) is 5.21. The molecule has 2 rings (SSSR count). The van der Waals surface area contributed by atoms with E-state index in [-0.39, 0.29) is 38.5 Å². The van der Waals surface area contributed by atoms with Gasteiger partial charge < -0.3 is 4.90 Å². The molecule has 1 radical (unpaired) electrons. The SMILES string of the molecule is C=C1C(C)=C[C-]=C(c2ccc(C)cc2F)N1C.[Y]. The van der Waals surface area contributed by atoms with Gasteiger partial charge >= 0.3 is 0 Å². The number of benzene rings is 1. The molecule has 1 heterocycles. The van der Waals surface area contributed by atoms with Gasteiger partial charge in [0.05, 0.1) is 5.82 Å². The number of halogens is 1. The Morgan fingerprint density at radius 2 is 1.94 bits per heavy atom. The third kappa shape index (κ3) is 2.81. The van der Waals surface area contributed by atoms with Crippen molar-refractivity contribution < 1.29 is 37.1 Å². The molecular weight excluding hydrogens is 302 g/mol. The van der Waals surface area contributed by atoms with Crippen molar-refractivity contribution in [2.45, 2.75) is 13.8 Å². The summed E-state index contributed by atoms with van der Waals surface area (Å²) in [5, 5.41) is 0. The van der Waals surface area contributed by atoms with Crippen LogP contribution >= 0.6 is 0 Å². The minimum atomic E-state index is -0.222. The first kappa shape index (κ1) is 15.3. The van der Waals surface area contributed by atoms with Crippen LogP contribution in [0.2, 0.25) is 0 Å². The van der Waals surface area contributed by atoms with Gasteiger partial charge in [-0.1, -0.05) is 36.4 Å². The smallest absolute Gasteiger partial charge is 0.0784 e. The van der Waals surface area contributed by atoms with E-state index in [1.807, 2.05) is 37.9 Å². The molecule has 0 atom stereocenters. The zero-order chi connectivity index (χ0) is 12.6. The van der Waals surface area contributed by atoms with E-state index in [4.69, 9.17) is 0 Å². The monoisotopic (exact) mass is 317 g/mol. The number of allylic oxidation sites excluding steroid dienone is 3. The molecule has 1 aliphatic heterocycles. The van der Waals surface area contributed by atoms with Crippen LogP contribution in [0.3, 0.4) is 0 Å². The molecule has 1 nitrogen and oxygen atoms in total. The average molecular weight is 317 g/mol. The minimum absolute atomic E-state index is 0. The normalized spacial score (nSPS) is 14.9. The summed E-state index contributed by atoms with van der Waals surface area (Å²) in [5.74, 6) is -0.222. The molecule has 0 fully saturated rings. The van der Waals surface area contributed by atoms with Crippen LogP contribution in [0.5, 0.6) is 0 Å². The largest absolute Gasteiger partial charge is 0.378 e. The van der Waals surface area contributed by atoms with Gasteiger partial charge in [-0.3, -0.25) is 0 Å². The molecule has 1 aromatic rings. The number of likely N-dealkylation sites (N-methyl/N-ethyl adjacent to an activating group) is 1. The van der Waals surface area contributed by atoms with Crippen molar-refractivity contribution in [1.29, 1.82) is 0 Å². The molecular formula is C15H15FNY-. The van der Waals surface area contributed by atoms with Crippen LogP contribution < -0.4 is 0 Å². The fraction of sp³-hybridized carbons (Fsp3) is 0.200. The second kappa shape index (κ2) is 5.94. The van der Waals surface area contributed by atoms with E-state index >= 15 is 0 Å². The molecule has 0 spiro atoms. The van der Waals surface area contributed by atoms with E-state index in [0.29, 0.717) is 5.56 Å². The summed E-state index contributed by atoms with van der Waals surface area (Å²) >= 11 is 0. The summed E-state index contributed by atoms with van der Waals surface area (Å²) in [6.45, 7) is 7.81. The zero-order valence-corrected chi connectivity index (χ0v) is 13.8. The van der Waals surface area contributed by atoms with Crippen molar-refractivity contribution in [1.82, 2.24) is 4.90 Å². The molecule has 0 saturated carbocycles. The van der Waals surface area contributed by atoms with E-state index in [0.717, 1.165) is 22.5 Å². The van der Waals surface area contributed by atoms with Crippen LogP contribution in [0, 0.1) is 18.8 Å². The number of hydrogen-bond donors (Lipinski definition) is 0. The van der Waals surface area contributed by atoms with Crippen molar-refractivity contribution >= 4 is 5.70 Å². The number of nitrogens with zero attached hydrogens (tertiary/aromatic N) is 1. The van der Waals surface area contributed by atoms with Crippen LogP contribution in [0.15, 0.2) is 42.1 Å². The Labute approximate surface area is 133 Å². The molecule has 0 aromatic heterocycles. The van der Waals surface area contributed by atoms with Gasteiger partial charge in [0, 0.05) is 39.8 Å². The second-order valence-corrected chi connectivity index (χ2v) is 4.31. The van der Waals surface area contributed by atoms with Crippen LogP contribution in [-0.4, -0.2) is 11.9 Å². The first-order valence-electron chi connectivity index (χ1n) is 5.50. The van der Waals surface area contributed by atoms with Gasteiger partial charge in [0.15, 0.2) is 0 Å². The van der Waals surface area contributed by atoms with Gasteiger partial charge in [-0.15, -0.1) is 11.6 Å². The van der Waals surface area contributed by atoms with Gasteiger partial charge in [0.2, 0.25) is 0 Å². The molecule has 0 amide bonds. The van der Waals surface area contributed by atoms with Crippen LogP contribution in [-0.2, 0) is 32.7 Å². The molecule has 0 bridgehead atoms. The first-order valence-corrected chi connectivity index (χ1v) is 5.50. The topological polar surface area (TPSA) is 3.24 Å². The van der Waals surface area contributed by atoms with E-state index in [1.54, 1.807) is 6.07 Å². The molecule has 91 valence electrons. The fourth-order valence-electron chi connectivity index (χ4n) is 1.83. The molecule has 1 aromatic carbocycles. The predicted molar refractivity (Wildman–Crippen MR) is 68.4 cm³/mol. The quantitative estimate of drug-likeness (QED) is 0.714. The van der Waals surface area contributed by atoms with Crippen LogP contribution in [0.1, 0.15) is 18.1 Å². The maximum Gasteiger partial charge on any atom is 0.0784 e. The maximum atomic E-state index is 13.9. The van der Waals surface area contributed by atoms with E-state index < -0.39 is 0 Å². The molecule has 18 heavy (non-hydrogen) atoms. The van der Waals surface area contributed by atoms with Gasteiger partial charge in [0.25, 0.3) is 0 Å². The van der Waals surface area contributed by atoms with Crippen LogP contribution in [0.4, 0.5) is 4.39 Å². The van der Waals surface area contributed by atoms with E-state index in [9.17, 15) is 4.39 Å². The Hall–Kier alpha value is -0.726. The minimum Gasteiger partial charge on any atom is -0.378 e. The molecule has 0 saturated heterocycles. The van der Waals surface area contributed by atoms with Gasteiger partial charge in [-0.05, 0) is 18.7 Å². The number of aryl methyl sites for hydroxylation is 1. The van der Waals surface area contributed by atoms with Crippen molar-refractivity contribution in [3.63, 3.8) is 0 Å². The summed E-state index contributed by atoms with van der Waals surface area (Å²) in [4.78, 5) is 1.86. The Balaban J connectivity index is 0.00000162. The average Bonchev–Trinajstić information content (AvgIpc) is 2.28. The molecule has 1 aliphatic rings. The summed E-state index contributed by atoms with van der Waals surface area (Å²) < 4.78 is 13.9. The Bertz CT molecular complexity index is 543. The van der Waals surface area contributed by atoms with Gasteiger partial charge in [0.1, 0.15) is 0 Å². The summed E-state index contributed by atoms with van der Waals surface area (Å²) in [5.41, 5.74) is 4.11. The summed E-state index contributed by atoms with van der Waals surface area (Å²) in [6.07, 6.45) is 4.95. The van der Waals surface area contributed by atoms with Crippen molar-refractivity contribution in [2.75, 3.05) is 7.05 Å². The zero-order valence-electron chi connectivity index (χ0n) is 10.9. The third-order valence-electron chi connectivity index (χ3n) is 3.00. The fourth-order valence-corrected chi connectivity index (χ4v) is 1.83. The first-order chi connectivity index (χ1) is 8.00. The van der Waals surface area contributed by atoms with Crippen molar-refractivity contribution in [3.8, 4) is 0 Å². The molecule has 0 unspecified atom stereocenters. The van der Waals surface area contributed by atoms with Crippen molar-refractivity contribution in [2.24, 2.45) is 0 Å². The number of hydrogen-bond acceptors (Lipinski definition) is 1. The van der Waals surface area contributed by atoms with Crippen molar-refractivity contribution in [3.05, 3.63) is 65.1 Å². The molecule has 0 N–H and O–H groups in total. The third-order valence-corrected chi connectivity index (χ3v) is 3.00. The Morgan fingerprint density at radius 1 is 1.28 bits per heavy atom. The predicted octanol–water partition coefficient (Wildman–Crippen LogP) is 3.68. The molecule has 0 aliphatic carbocycles. The maximum absolute atomic E-state index is 13.9. The molecule has 3 heteroatoms. The van der Waals surface area contributed by atoms with Gasteiger partial charge in [-0.2, -0.15) is 12.2 Å². The standard InChI is InChI=1S/C15H15FN.Y/c1-10-5-7-13(14(16)9-10)15-8-6-11(2)12(3)17(15)4;/h5-7,9H,3H2,1-2,4H3;/q-1;. The van der Waals surface area contributed by atoms with Crippen LogP contribution in [0.25, 0.3) is 5.70 Å². The number of rotatable bonds is 1. The van der Waals surface area contributed by atoms with Gasteiger partial charge in [-0.25, -0.2) is 4.39 Å². The summed E-state index contributed by atoms with van der Waals surface area (Å²) in [7, 11) is 1.88. The Kier molecular flexibility index (Phi) is 5.06. The van der Waals surface area contributed by atoms with E-state index in [1.165, 1.54) is 6.07 Å².